The predicted octanol–water partition coefficient (Wildman–Crippen LogP) is 0.328. The third-order valence-corrected chi connectivity index (χ3v) is 0.446. The maximum Gasteiger partial charge on any atom is 0.331 e. The molecule has 0 unspecified atom stereocenters. The van der Waals surface area contributed by atoms with Gasteiger partial charge in [0.2, 0.25) is 0 Å². The van der Waals surface area contributed by atoms with Gasteiger partial charge in [0.1, 0.15) is 6.07 Å². The van der Waals surface area contributed by atoms with E-state index in [1.54, 1.807) is 6.07 Å². The summed E-state index contributed by atoms with van der Waals surface area (Å²) < 4.78 is 4.22. The van der Waals surface area contributed by atoms with Crippen molar-refractivity contribution in [2.24, 2.45) is 5.73 Å². The number of nitriles is 1. The molecule has 0 aliphatic carbocycles. The summed E-state index contributed by atoms with van der Waals surface area (Å²) in [6.07, 6.45) is 2.26. The number of ether oxygens (including phenoxy) is 1. The van der Waals surface area contributed by atoms with Gasteiger partial charge in [-0.3, -0.25) is 0 Å². The SMILES string of the molecule is C=CC(=O)OCC#N.C=CN. The first-order valence-corrected chi connectivity index (χ1v) is 2.71. The van der Waals surface area contributed by atoms with Crippen LogP contribution in [0.2, 0.25) is 0 Å². The lowest BCUT2D eigenvalue weighted by Gasteiger charge is -1.88. The average Bonchev–Trinajstić information content (AvgIpc) is 2.02. The van der Waals surface area contributed by atoms with Crippen LogP contribution in [0.3, 0.4) is 0 Å². The highest BCUT2D eigenvalue weighted by atomic mass is 16.5. The van der Waals surface area contributed by atoms with Gasteiger partial charge in [0.15, 0.2) is 6.61 Å². The molecule has 0 saturated heterocycles. The largest absolute Gasteiger partial charge is 0.447 e. The van der Waals surface area contributed by atoms with Crippen molar-refractivity contribution in [3.8, 4) is 6.07 Å². The molecule has 0 heterocycles. The highest BCUT2D eigenvalue weighted by Crippen LogP contribution is 1.74. The maximum absolute atomic E-state index is 10.1. The molecule has 4 heteroatoms. The molecule has 0 aromatic carbocycles. The minimum Gasteiger partial charge on any atom is -0.447 e. The lowest BCUT2D eigenvalue weighted by Crippen LogP contribution is -1.98. The first-order chi connectivity index (χ1) is 5.22. The number of hydrogen-bond acceptors (Lipinski definition) is 4. The van der Waals surface area contributed by atoms with Crippen LogP contribution < -0.4 is 5.73 Å². The van der Waals surface area contributed by atoms with Crippen LogP contribution in [0.15, 0.2) is 25.4 Å². The summed E-state index contributed by atoms with van der Waals surface area (Å²) in [5, 5.41) is 7.85. The Morgan fingerprint density at radius 2 is 2.18 bits per heavy atom. The number of hydrogen-bond donors (Lipinski definition) is 1. The molecule has 60 valence electrons. The van der Waals surface area contributed by atoms with Crippen molar-refractivity contribution >= 4 is 5.97 Å². The molecule has 0 saturated carbocycles. The Morgan fingerprint density at radius 1 is 1.73 bits per heavy atom. The first-order valence-electron chi connectivity index (χ1n) is 2.71. The van der Waals surface area contributed by atoms with Gasteiger partial charge in [0.05, 0.1) is 0 Å². The third kappa shape index (κ3) is 17.8. The molecule has 2 N–H and O–H groups in total. The Hall–Kier alpha value is -1.76. The van der Waals surface area contributed by atoms with Gasteiger partial charge in [-0.15, -0.1) is 0 Å². The zero-order chi connectivity index (χ0) is 9.11. The van der Waals surface area contributed by atoms with E-state index in [4.69, 9.17) is 5.26 Å². The topological polar surface area (TPSA) is 76.1 Å². The number of esters is 1. The fraction of sp³-hybridized carbons (Fsp3) is 0.143. The number of carbonyl (C=O) groups is 1. The Balaban J connectivity index is 0. The average molecular weight is 154 g/mol. The maximum atomic E-state index is 10.1. The minimum atomic E-state index is -0.563. The van der Waals surface area contributed by atoms with Crippen molar-refractivity contribution < 1.29 is 9.53 Å². The second kappa shape index (κ2) is 11.1. The zero-order valence-electron chi connectivity index (χ0n) is 6.12. The van der Waals surface area contributed by atoms with E-state index in [1.807, 2.05) is 0 Å². The van der Waals surface area contributed by atoms with Gasteiger partial charge in [-0.25, -0.2) is 4.79 Å². The van der Waals surface area contributed by atoms with Crippen LogP contribution in [0.25, 0.3) is 0 Å². The predicted molar refractivity (Wildman–Crippen MR) is 41.2 cm³/mol. The lowest BCUT2D eigenvalue weighted by atomic mass is 10.6. The molecule has 0 fully saturated rings. The van der Waals surface area contributed by atoms with Crippen LogP contribution in [0, 0.1) is 11.3 Å². The highest BCUT2D eigenvalue weighted by molar-refractivity contribution is 5.81. The molecular weight excluding hydrogens is 144 g/mol. The highest BCUT2D eigenvalue weighted by Gasteiger charge is 1.89. The van der Waals surface area contributed by atoms with Crippen LogP contribution in [0.5, 0.6) is 0 Å². The second-order valence-electron chi connectivity index (χ2n) is 1.21. The van der Waals surface area contributed by atoms with Crippen LogP contribution >= 0.6 is 0 Å². The molecule has 0 rings (SSSR count). The Kier molecular flexibility index (Phi) is 12.1. The molecule has 0 aromatic heterocycles. The molecule has 0 atom stereocenters. The van der Waals surface area contributed by atoms with Gasteiger partial charge in [-0.1, -0.05) is 13.2 Å². The molecule has 0 amide bonds. The van der Waals surface area contributed by atoms with Crippen LogP contribution in [0.1, 0.15) is 0 Å². The van der Waals surface area contributed by atoms with Crippen molar-refractivity contribution in [3.63, 3.8) is 0 Å². The van der Waals surface area contributed by atoms with E-state index in [9.17, 15) is 4.79 Å². The summed E-state index contributed by atoms with van der Waals surface area (Å²) in [4.78, 5) is 10.1. The summed E-state index contributed by atoms with van der Waals surface area (Å²) in [5.74, 6) is -0.563. The smallest absolute Gasteiger partial charge is 0.331 e. The van der Waals surface area contributed by atoms with E-state index < -0.39 is 5.97 Å². The number of carbonyl (C=O) groups excluding carboxylic acids is 1. The van der Waals surface area contributed by atoms with Gasteiger partial charge >= 0.3 is 5.97 Å². The van der Waals surface area contributed by atoms with E-state index in [1.165, 1.54) is 6.20 Å². The molecule has 0 aliphatic heterocycles. The fourth-order valence-electron chi connectivity index (χ4n) is 0.162. The quantitative estimate of drug-likeness (QED) is 0.459. The molecule has 0 radical (unpaired) electrons. The molecule has 4 nitrogen and oxygen atoms in total. The first kappa shape index (κ1) is 12.0. The second-order valence-corrected chi connectivity index (χ2v) is 1.21. The summed E-state index contributed by atoms with van der Waals surface area (Å²) in [5.41, 5.74) is 4.61. The molecule has 0 aromatic rings. The van der Waals surface area contributed by atoms with Crippen molar-refractivity contribution in [2.45, 2.75) is 0 Å². The van der Waals surface area contributed by atoms with E-state index >= 15 is 0 Å². The monoisotopic (exact) mass is 154 g/mol. The Labute approximate surface area is 65.6 Å². The van der Waals surface area contributed by atoms with Gasteiger partial charge in [-0.05, 0) is 6.20 Å². The van der Waals surface area contributed by atoms with Crippen molar-refractivity contribution in [2.75, 3.05) is 6.61 Å². The van der Waals surface area contributed by atoms with Crippen molar-refractivity contribution in [3.05, 3.63) is 25.4 Å². The van der Waals surface area contributed by atoms with Crippen molar-refractivity contribution in [1.29, 1.82) is 5.26 Å². The van der Waals surface area contributed by atoms with Gasteiger partial charge in [-0.2, -0.15) is 5.26 Å². The number of nitrogens with zero attached hydrogens (tertiary/aromatic N) is 1. The van der Waals surface area contributed by atoms with Crippen LogP contribution in [-0.4, -0.2) is 12.6 Å². The molecule has 0 aliphatic rings. The molecule has 0 bridgehead atoms. The number of nitrogens with two attached hydrogens (primary N) is 1. The molecular formula is C7H10N2O2. The summed E-state index contributed by atoms with van der Waals surface area (Å²) >= 11 is 0. The standard InChI is InChI=1S/C5H5NO2.C2H5N/c1-2-5(7)8-4-3-6;1-2-3/h2H,1,4H2;2H,1,3H2. The van der Waals surface area contributed by atoms with Crippen LogP contribution in [0.4, 0.5) is 0 Å². The Bertz CT molecular complexity index is 170. The molecule has 0 spiro atoms. The van der Waals surface area contributed by atoms with E-state index in [2.05, 4.69) is 23.6 Å². The zero-order valence-corrected chi connectivity index (χ0v) is 6.12. The molecule has 11 heavy (non-hydrogen) atoms. The lowest BCUT2D eigenvalue weighted by molar-refractivity contribution is -0.136. The number of rotatable bonds is 2. The fourth-order valence-corrected chi connectivity index (χ4v) is 0.162. The summed E-state index contributed by atoms with van der Waals surface area (Å²) in [7, 11) is 0. The van der Waals surface area contributed by atoms with E-state index in [0.29, 0.717) is 0 Å². The normalized spacial score (nSPS) is 6.09. The van der Waals surface area contributed by atoms with Crippen molar-refractivity contribution in [1.82, 2.24) is 0 Å². The van der Waals surface area contributed by atoms with Gasteiger partial charge in [0.25, 0.3) is 0 Å². The third-order valence-electron chi connectivity index (χ3n) is 0.446. The van der Waals surface area contributed by atoms with Gasteiger partial charge < -0.3 is 10.5 Å². The van der Waals surface area contributed by atoms with E-state index in [-0.39, 0.29) is 6.61 Å². The summed E-state index contributed by atoms with van der Waals surface area (Å²) in [6.45, 7) is 6.06. The van der Waals surface area contributed by atoms with Gasteiger partial charge in [0, 0.05) is 6.08 Å². The van der Waals surface area contributed by atoms with Crippen LogP contribution in [-0.2, 0) is 9.53 Å². The summed E-state index contributed by atoms with van der Waals surface area (Å²) in [6, 6.07) is 1.64. The van der Waals surface area contributed by atoms with E-state index in [0.717, 1.165) is 6.08 Å². The Morgan fingerprint density at radius 3 is 2.45 bits per heavy atom. The minimum absolute atomic E-state index is 0.204.